The third-order valence-electron chi connectivity index (χ3n) is 22.2. The van der Waals surface area contributed by atoms with Crippen molar-refractivity contribution in [2.75, 3.05) is 9.80 Å². The number of thiophene rings is 1. The zero-order valence-corrected chi connectivity index (χ0v) is 50.8. The molecule has 6 aliphatic rings. The topological polar surface area (TPSA) is 19.6 Å². The summed E-state index contributed by atoms with van der Waals surface area (Å²) in [5.74, 6) is 0.678. The fourth-order valence-corrected chi connectivity index (χ4v) is 18.6. The second kappa shape index (κ2) is 15.5. The first-order valence-corrected chi connectivity index (χ1v) is 30.7. The van der Waals surface area contributed by atoms with Crippen LogP contribution in [-0.2, 0) is 32.5 Å². The lowest BCUT2D eigenvalue weighted by molar-refractivity contribution is 0.0990. The summed E-state index contributed by atoms with van der Waals surface area (Å²) in [6.07, 6.45) is 6.14. The van der Waals surface area contributed by atoms with Gasteiger partial charge in [-0.05, 0) is 180 Å². The van der Waals surface area contributed by atoms with E-state index in [0.717, 1.165) is 16.9 Å². The molecule has 4 aliphatic carbocycles. The Labute approximate surface area is 474 Å². The Morgan fingerprint density at radius 2 is 1.22 bits per heavy atom. The van der Waals surface area contributed by atoms with E-state index in [1.165, 1.54) is 136 Å². The number of para-hydroxylation sites is 1. The first-order chi connectivity index (χ1) is 37.2. The molecule has 2 aliphatic heterocycles. The van der Waals surface area contributed by atoms with Crippen molar-refractivity contribution in [1.82, 2.24) is 0 Å². The van der Waals surface area contributed by atoms with Crippen LogP contribution in [0.5, 0.6) is 0 Å². The van der Waals surface area contributed by atoms with Crippen molar-refractivity contribution in [1.29, 1.82) is 0 Å². The summed E-state index contributed by atoms with van der Waals surface area (Å²) in [5, 5.41) is 3.78. The molecule has 0 radical (unpaired) electrons. The average Bonchev–Trinajstić information content (AvgIpc) is 1.99. The van der Waals surface area contributed by atoms with Crippen molar-refractivity contribution >= 4 is 99.9 Å². The molecule has 3 atom stereocenters. The van der Waals surface area contributed by atoms with Gasteiger partial charge < -0.3 is 14.2 Å². The molecule has 2 bridgehead atoms. The molecule has 0 N–H and O–H groups in total. The zero-order chi connectivity index (χ0) is 55.3. The normalized spacial score (nSPS) is 22.9. The molecule has 79 heavy (non-hydrogen) atoms. The van der Waals surface area contributed by atoms with Crippen LogP contribution in [0.3, 0.4) is 0 Å². The van der Waals surface area contributed by atoms with Gasteiger partial charge >= 0.3 is 0 Å². The molecule has 4 heterocycles. The summed E-state index contributed by atoms with van der Waals surface area (Å²) in [5.41, 5.74) is 25.2. The SMILES string of the molecule is CC(C)(C)c1ccc2c(c1)B1c3sc4cc5c(cc4c3N(c3cccc4c3-c3ccccc3C43CC4CCC3(C)C4(C)C)c3cc(C(C)(C)C)cc(c31)N2c1ccc(C(C)(C)C)c2c1oc1ccccc12)C(C)(C)CCC5(C)C. The van der Waals surface area contributed by atoms with Gasteiger partial charge in [-0.1, -0.05) is 184 Å². The van der Waals surface area contributed by atoms with Crippen LogP contribution in [0.4, 0.5) is 34.1 Å². The highest BCUT2D eigenvalue weighted by molar-refractivity contribution is 7.33. The molecule has 400 valence electrons. The molecule has 5 heteroatoms. The van der Waals surface area contributed by atoms with Crippen LogP contribution < -0.4 is 25.5 Å². The van der Waals surface area contributed by atoms with Crippen molar-refractivity contribution in [3.05, 3.63) is 160 Å². The Bertz CT molecular complexity index is 4160. The Morgan fingerprint density at radius 1 is 0.557 bits per heavy atom. The number of nitrogens with zero attached hydrogens (tertiary/aromatic N) is 2. The van der Waals surface area contributed by atoms with E-state index in [9.17, 15) is 0 Å². The van der Waals surface area contributed by atoms with Gasteiger partial charge in [0.25, 0.3) is 6.71 Å². The fraction of sp³-hybridized carbons (Fsp3) is 0.405. The molecule has 3 nitrogen and oxygen atoms in total. The summed E-state index contributed by atoms with van der Waals surface area (Å²) >= 11 is 2.07. The molecule has 7 aromatic carbocycles. The van der Waals surface area contributed by atoms with Crippen molar-refractivity contribution < 1.29 is 4.42 Å². The van der Waals surface area contributed by atoms with E-state index >= 15 is 0 Å². The van der Waals surface area contributed by atoms with Gasteiger partial charge in [-0.3, -0.25) is 0 Å². The Kier molecular flexibility index (Phi) is 9.80. The molecule has 0 saturated heterocycles. The zero-order valence-electron chi connectivity index (χ0n) is 49.9. The molecule has 9 aromatic rings. The van der Waals surface area contributed by atoms with Crippen molar-refractivity contribution in [3.63, 3.8) is 0 Å². The maximum absolute atomic E-state index is 7.27. The molecule has 3 unspecified atom stereocenters. The van der Waals surface area contributed by atoms with Gasteiger partial charge in [-0.2, -0.15) is 0 Å². The number of hydrogen-bond donors (Lipinski definition) is 0. The van der Waals surface area contributed by atoms with E-state index in [1.807, 2.05) is 0 Å². The van der Waals surface area contributed by atoms with Gasteiger partial charge in [-0.15, -0.1) is 11.3 Å². The summed E-state index contributed by atoms with van der Waals surface area (Å²) in [6.45, 7) is 39.3. The van der Waals surface area contributed by atoms with Crippen LogP contribution in [0.1, 0.15) is 182 Å². The molecule has 2 aromatic heterocycles. The lowest BCUT2D eigenvalue weighted by atomic mass is 9.36. The minimum absolute atomic E-state index is 0.0186. The number of fused-ring (bicyclic) bond motifs is 18. The van der Waals surface area contributed by atoms with Crippen LogP contribution in [-0.4, -0.2) is 6.71 Å². The van der Waals surface area contributed by atoms with E-state index < -0.39 is 0 Å². The molecule has 2 saturated carbocycles. The molecule has 2 fully saturated rings. The van der Waals surface area contributed by atoms with Crippen LogP contribution in [0, 0.1) is 16.7 Å². The summed E-state index contributed by atoms with van der Waals surface area (Å²) in [6, 6.07) is 48.8. The highest BCUT2D eigenvalue weighted by atomic mass is 32.1. The van der Waals surface area contributed by atoms with Crippen molar-refractivity contribution in [3.8, 4) is 11.1 Å². The first kappa shape index (κ1) is 50.0. The van der Waals surface area contributed by atoms with Gasteiger partial charge in [-0.25, -0.2) is 0 Å². The van der Waals surface area contributed by atoms with Crippen LogP contribution in [0.2, 0.25) is 0 Å². The maximum atomic E-state index is 7.27. The van der Waals surface area contributed by atoms with Crippen LogP contribution in [0.25, 0.3) is 43.2 Å². The largest absolute Gasteiger partial charge is 0.454 e. The van der Waals surface area contributed by atoms with E-state index in [4.69, 9.17) is 4.42 Å². The molecular formula is C74H79BN2OS. The summed E-state index contributed by atoms with van der Waals surface area (Å²) in [4.78, 5) is 5.49. The highest BCUT2D eigenvalue weighted by Crippen LogP contribution is 2.78. The van der Waals surface area contributed by atoms with Gasteiger partial charge in [0.15, 0.2) is 5.58 Å². The lowest BCUT2D eigenvalue weighted by Crippen LogP contribution is -2.60. The summed E-state index contributed by atoms with van der Waals surface area (Å²) < 4.78 is 10.1. The Balaban J connectivity index is 1.11. The third kappa shape index (κ3) is 6.33. The predicted octanol–water partition coefficient (Wildman–Crippen LogP) is 19.2. The Morgan fingerprint density at radius 3 is 1.90 bits per heavy atom. The van der Waals surface area contributed by atoms with Gasteiger partial charge in [0.1, 0.15) is 5.58 Å². The quantitative estimate of drug-likeness (QED) is 0.161. The molecular weight excluding hydrogens is 976 g/mol. The monoisotopic (exact) mass is 1050 g/mol. The van der Waals surface area contributed by atoms with Crippen molar-refractivity contribution in [2.45, 2.75) is 175 Å². The Hall–Kier alpha value is -6.04. The highest BCUT2D eigenvalue weighted by Gasteiger charge is 2.71. The second-order valence-corrected chi connectivity index (χ2v) is 31.7. The molecule has 15 rings (SSSR count). The summed E-state index contributed by atoms with van der Waals surface area (Å²) in [7, 11) is 0. The smallest absolute Gasteiger partial charge is 0.264 e. The number of furan rings is 1. The van der Waals surface area contributed by atoms with E-state index in [1.54, 1.807) is 11.1 Å². The first-order valence-electron chi connectivity index (χ1n) is 29.9. The molecule has 1 spiro atoms. The number of hydrogen-bond acceptors (Lipinski definition) is 4. The maximum Gasteiger partial charge on any atom is 0.264 e. The average molecular weight is 1060 g/mol. The van der Waals surface area contributed by atoms with E-state index in [2.05, 4.69) is 253 Å². The van der Waals surface area contributed by atoms with Crippen LogP contribution in [0.15, 0.2) is 126 Å². The minimum Gasteiger partial charge on any atom is -0.454 e. The van der Waals surface area contributed by atoms with Crippen LogP contribution >= 0.6 is 11.3 Å². The second-order valence-electron chi connectivity index (χ2n) is 30.6. The predicted molar refractivity (Wildman–Crippen MR) is 340 cm³/mol. The van der Waals surface area contributed by atoms with Gasteiger partial charge in [0.2, 0.25) is 0 Å². The molecule has 0 amide bonds. The number of benzene rings is 7. The van der Waals surface area contributed by atoms with E-state index in [-0.39, 0.29) is 50.0 Å². The minimum atomic E-state index is -0.177. The third-order valence-corrected chi connectivity index (χ3v) is 23.5. The van der Waals surface area contributed by atoms with Gasteiger partial charge in [0.05, 0.1) is 17.1 Å². The fourth-order valence-electron chi connectivity index (χ4n) is 17.3. The standard InChI is InChI=1S/C74H79BN2OS/c1-67(2,3)42-28-30-54-53(36-42)75-63-57(76(54)56-31-29-49(69(7,8)9)62-46-23-18-20-27-59(46)78-65(56)62)37-44(68(4,5)6)38-58(63)77(64-47-39-51-52(40-60(47)79-66(64)75)71(12,13)35-34-70(51,10)11)55-26-21-25-50-61(55)45-22-17-19-24-48(45)74(50)41-43-32-33-73(74,16)72(43,14)15/h17-31,36-40,43H,32-35,41H2,1-16H3. The van der Waals surface area contributed by atoms with E-state index in [0.29, 0.717) is 5.92 Å². The lowest BCUT2D eigenvalue weighted by Gasteiger charge is -2.48. The number of anilines is 6. The van der Waals surface area contributed by atoms with Crippen molar-refractivity contribution in [2.24, 2.45) is 16.7 Å². The van der Waals surface area contributed by atoms with Gasteiger partial charge in [0, 0.05) is 53.7 Å². The number of rotatable bonds is 2.